The molecule has 0 aliphatic rings. The van der Waals surface area contributed by atoms with Crippen molar-refractivity contribution in [1.29, 1.82) is 0 Å². The Morgan fingerprint density at radius 3 is 1.89 bits per heavy atom. The smallest absolute Gasteiger partial charge is 0.324 e. The van der Waals surface area contributed by atoms with Gasteiger partial charge >= 0.3 is 10.4 Å². The molecule has 0 aliphatic carbocycles. The summed E-state index contributed by atoms with van der Waals surface area (Å²) in [6.45, 7) is 2.44. The van der Waals surface area contributed by atoms with Crippen molar-refractivity contribution < 1.29 is 38.5 Å². The Bertz CT molecular complexity index is 1610. The van der Waals surface area contributed by atoms with Gasteiger partial charge < -0.3 is 10.6 Å². The zero-order chi connectivity index (χ0) is 26.9. The lowest BCUT2D eigenvalue weighted by Gasteiger charge is -2.12. The number of nitrogens with one attached hydrogen (secondary N) is 2. The van der Waals surface area contributed by atoms with Crippen LogP contribution >= 0.6 is 11.6 Å². The van der Waals surface area contributed by atoms with Gasteiger partial charge in [0.05, 0.1) is 9.79 Å². The maximum Gasteiger partial charge on any atom is 0.398 e. The Balaban J connectivity index is 1.79. The number of aromatic nitrogens is 3. The summed E-state index contributed by atoms with van der Waals surface area (Å²) in [7, 11) is -13.6. The monoisotopic (exact) mass is 579 g/mol. The van der Waals surface area contributed by atoms with Crippen molar-refractivity contribution in [3.05, 3.63) is 53.3 Å². The largest absolute Gasteiger partial charge is 0.398 e. The molecular weight excluding hydrogens is 562 g/mol. The van der Waals surface area contributed by atoms with E-state index in [1.54, 1.807) is 0 Å². The van der Waals surface area contributed by atoms with E-state index in [2.05, 4.69) is 29.8 Å². The third-order valence-corrected chi connectivity index (χ3v) is 8.19. The molecule has 0 spiro atoms. The fourth-order valence-corrected chi connectivity index (χ4v) is 5.70. The van der Waals surface area contributed by atoms with Gasteiger partial charge in [-0.15, -0.1) is 0 Å². The summed E-state index contributed by atoms with van der Waals surface area (Å²) in [4.78, 5) is 11.5. The maximum absolute atomic E-state index is 12.4. The number of anilines is 4. The molecule has 18 heteroatoms. The highest BCUT2D eigenvalue weighted by Gasteiger charge is 2.28. The van der Waals surface area contributed by atoms with Crippen molar-refractivity contribution >= 4 is 65.2 Å². The summed E-state index contributed by atoms with van der Waals surface area (Å²) in [6, 6.07) is 9.05. The average Bonchev–Trinajstić information content (AvgIpc) is 2.71. The predicted octanol–water partition coefficient (Wildman–Crippen LogP) is 2.51. The van der Waals surface area contributed by atoms with E-state index in [0.29, 0.717) is 11.4 Å². The number of halogens is 1. The number of aryl methyl sites for hydroxylation is 1. The minimum Gasteiger partial charge on any atom is -0.324 e. The highest BCUT2D eigenvalue weighted by molar-refractivity contribution is 7.92. The molecule has 1 heterocycles. The van der Waals surface area contributed by atoms with E-state index in [1.807, 2.05) is 0 Å². The lowest BCUT2D eigenvalue weighted by Crippen LogP contribution is -2.24. The van der Waals surface area contributed by atoms with Gasteiger partial charge in [-0.25, -0.2) is 12.6 Å². The molecule has 1 unspecified atom stereocenters. The van der Waals surface area contributed by atoms with Crippen molar-refractivity contribution in [2.24, 2.45) is 0 Å². The molecule has 2 aromatic carbocycles. The van der Waals surface area contributed by atoms with Crippen LogP contribution in [0.25, 0.3) is 0 Å². The lowest BCUT2D eigenvalue weighted by atomic mass is 10.2. The zero-order valence-corrected chi connectivity index (χ0v) is 21.5. The van der Waals surface area contributed by atoms with Gasteiger partial charge in [0.1, 0.15) is 0 Å². The van der Waals surface area contributed by atoms with Gasteiger partial charge in [-0.3, -0.25) is 9.11 Å². The summed E-state index contributed by atoms with van der Waals surface area (Å²) in [5, 5.41) is 5.42. The first kappa shape index (κ1) is 27.7. The Hall–Kier alpha value is -2.93. The minimum absolute atomic E-state index is 0.00751. The Morgan fingerprint density at radius 1 is 0.861 bits per heavy atom. The van der Waals surface area contributed by atoms with E-state index in [1.165, 1.54) is 49.4 Å². The minimum atomic E-state index is -4.98. The third kappa shape index (κ3) is 7.06. The van der Waals surface area contributed by atoms with Crippen LogP contribution in [0.3, 0.4) is 0 Å². The molecule has 0 amide bonds. The molecule has 3 rings (SSSR count). The van der Waals surface area contributed by atoms with Gasteiger partial charge in [0.25, 0.3) is 10.1 Å². The van der Waals surface area contributed by atoms with Gasteiger partial charge in [0, 0.05) is 11.4 Å². The van der Waals surface area contributed by atoms with Crippen molar-refractivity contribution in [3.63, 3.8) is 0 Å². The summed E-state index contributed by atoms with van der Waals surface area (Å²) in [5.41, 5.74) is -0.868. The van der Waals surface area contributed by atoms with Crippen LogP contribution in [0, 0.1) is 6.92 Å². The molecule has 194 valence electrons. The highest BCUT2D eigenvalue weighted by atomic mass is 35.5. The van der Waals surface area contributed by atoms with Gasteiger partial charge in [0.2, 0.25) is 27.0 Å². The topological polar surface area (TPSA) is 215 Å². The van der Waals surface area contributed by atoms with E-state index >= 15 is 0 Å². The lowest BCUT2D eigenvalue weighted by molar-refractivity contribution is 0.251. The van der Waals surface area contributed by atoms with Crippen molar-refractivity contribution in [2.45, 2.75) is 29.1 Å². The van der Waals surface area contributed by atoms with Crippen LogP contribution in [0.1, 0.15) is 12.5 Å². The van der Waals surface area contributed by atoms with Crippen molar-refractivity contribution in [2.75, 3.05) is 10.6 Å². The molecule has 3 aromatic rings. The van der Waals surface area contributed by atoms with Crippen LogP contribution in [0.5, 0.6) is 0 Å². The molecule has 1 atom stereocenters. The van der Waals surface area contributed by atoms with E-state index < -0.39 is 35.8 Å². The average molecular weight is 580 g/mol. The van der Waals surface area contributed by atoms with Crippen LogP contribution in [0.2, 0.25) is 5.28 Å². The molecule has 0 bridgehead atoms. The first-order chi connectivity index (χ1) is 16.5. The SMILES string of the molecule is Cc1cc(Nc2nc(Cl)nc(Nc3ccc(S(=O)(=O)C(C)OS(=O)(=O)O)cc3)n2)ccc1S(=O)(=O)O. The molecule has 0 fully saturated rings. The molecule has 0 saturated carbocycles. The highest BCUT2D eigenvalue weighted by Crippen LogP contribution is 2.24. The number of nitrogens with zero attached hydrogens (tertiary/aromatic N) is 3. The molecule has 4 N–H and O–H groups in total. The van der Waals surface area contributed by atoms with Crippen LogP contribution in [-0.4, -0.2) is 54.7 Å². The number of sulfone groups is 1. The number of hydrogen-bond acceptors (Lipinski definition) is 12. The fourth-order valence-electron chi connectivity index (χ4n) is 2.88. The number of hydrogen-bond donors (Lipinski definition) is 4. The van der Waals surface area contributed by atoms with E-state index in [9.17, 15) is 29.8 Å². The molecule has 1 aromatic heterocycles. The normalized spacial score (nSPS) is 13.2. The Kier molecular flexibility index (Phi) is 7.84. The summed E-state index contributed by atoms with van der Waals surface area (Å²) in [5.74, 6) is -0.0330. The van der Waals surface area contributed by atoms with Crippen LogP contribution in [0.15, 0.2) is 52.3 Å². The van der Waals surface area contributed by atoms with E-state index in [4.69, 9.17) is 16.2 Å². The van der Waals surface area contributed by atoms with Gasteiger partial charge in [-0.2, -0.15) is 31.8 Å². The number of benzene rings is 2. The van der Waals surface area contributed by atoms with Gasteiger partial charge in [-0.1, -0.05) is 0 Å². The molecule has 0 aliphatic heterocycles. The van der Waals surface area contributed by atoms with Crippen LogP contribution < -0.4 is 10.6 Å². The van der Waals surface area contributed by atoms with Gasteiger partial charge in [-0.05, 0) is 73.5 Å². The maximum atomic E-state index is 12.4. The fraction of sp³-hybridized carbons (Fsp3) is 0.167. The van der Waals surface area contributed by atoms with Gasteiger partial charge in [0.15, 0.2) is 5.44 Å². The predicted molar refractivity (Wildman–Crippen MR) is 128 cm³/mol. The van der Waals surface area contributed by atoms with Crippen LogP contribution in [0.4, 0.5) is 23.3 Å². The second-order valence-electron chi connectivity index (χ2n) is 7.12. The van der Waals surface area contributed by atoms with Crippen LogP contribution in [-0.2, 0) is 34.5 Å². The quantitative estimate of drug-likeness (QED) is 0.268. The molecule has 36 heavy (non-hydrogen) atoms. The standard InChI is InChI=1S/C18H18ClN5O9S3/c1-10-9-13(5-8-15(10)35(27,28)29)21-18-23-16(19)22-17(24-18)20-12-3-6-14(7-4-12)34(25,26)11(2)33-36(30,31)32/h3-9,11H,1-2H3,(H,27,28,29)(H,30,31,32)(H2,20,21,22,23,24). The van der Waals surface area contributed by atoms with E-state index in [0.717, 1.165) is 6.92 Å². The molecule has 0 saturated heterocycles. The summed E-state index contributed by atoms with van der Waals surface area (Å²) < 4.78 is 91.2. The number of rotatable bonds is 9. The van der Waals surface area contributed by atoms with Crippen molar-refractivity contribution in [1.82, 2.24) is 15.0 Å². The third-order valence-electron chi connectivity index (χ3n) is 4.45. The van der Waals surface area contributed by atoms with E-state index in [-0.39, 0.29) is 32.5 Å². The first-order valence-corrected chi connectivity index (χ1v) is 14.3. The summed E-state index contributed by atoms with van der Waals surface area (Å²) >= 11 is 5.95. The second kappa shape index (κ2) is 10.2. The zero-order valence-electron chi connectivity index (χ0n) is 18.3. The molecule has 0 radical (unpaired) electrons. The van der Waals surface area contributed by atoms with Crippen molar-refractivity contribution in [3.8, 4) is 0 Å². The first-order valence-electron chi connectivity index (χ1n) is 9.58. The Morgan fingerprint density at radius 2 is 1.39 bits per heavy atom. The Labute approximate surface area is 211 Å². The summed E-state index contributed by atoms with van der Waals surface area (Å²) in [6.07, 6.45) is 0. The molecular formula is C18H18ClN5O9S3. The second-order valence-corrected chi connectivity index (χ2v) is 12.1. The molecule has 14 nitrogen and oxygen atoms in total.